The first-order chi connectivity index (χ1) is 17.1. The number of ether oxygens (including phenoxy) is 1. The molecule has 0 aliphatic heterocycles. The lowest BCUT2D eigenvalue weighted by molar-refractivity contribution is -0.192. The highest BCUT2D eigenvalue weighted by atomic mass is 19.4. The van der Waals surface area contributed by atoms with Crippen LogP contribution < -0.4 is 15.8 Å². The lowest BCUT2D eigenvalue weighted by Gasteiger charge is -2.16. The van der Waals surface area contributed by atoms with E-state index in [9.17, 15) is 32.7 Å². The Labute approximate surface area is 209 Å². The van der Waals surface area contributed by atoms with Gasteiger partial charge in [0.2, 0.25) is 0 Å². The van der Waals surface area contributed by atoms with Crippen LogP contribution in [0.1, 0.15) is 32.7 Å². The van der Waals surface area contributed by atoms with Gasteiger partial charge in [-0.25, -0.2) is 9.59 Å². The van der Waals surface area contributed by atoms with E-state index in [2.05, 4.69) is 5.32 Å². The molecule has 2 rings (SSSR count). The van der Waals surface area contributed by atoms with Gasteiger partial charge in [-0.2, -0.15) is 13.2 Å². The van der Waals surface area contributed by atoms with Crippen LogP contribution in [0.5, 0.6) is 5.75 Å². The molecule has 6 N–H and O–H groups in total. The van der Waals surface area contributed by atoms with E-state index >= 15 is 0 Å². The summed E-state index contributed by atoms with van der Waals surface area (Å²) in [6.07, 6.45) is -5.05. The van der Waals surface area contributed by atoms with Crippen LogP contribution in [0, 0.1) is 5.41 Å². The van der Waals surface area contributed by atoms with Gasteiger partial charge in [-0.3, -0.25) is 15.0 Å². The molecular formula is C23H25F3N4O7. The molecule has 0 radical (unpaired) electrons. The predicted molar refractivity (Wildman–Crippen MR) is 125 cm³/mol. The smallest absolute Gasteiger partial charge is 0.490 e. The maximum Gasteiger partial charge on any atom is 0.490 e. The molecule has 2 aromatic rings. The van der Waals surface area contributed by atoms with Crippen LogP contribution in [-0.4, -0.2) is 77.6 Å². The van der Waals surface area contributed by atoms with E-state index in [4.69, 9.17) is 25.8 Å². The van der Waals surface area contributed by atoms with Crippen LogP contribution >= 0.6 is 0 Å². The molecule has 0 aliphatic rings. The summed E-state index contributed by atoms with van der Waals surface area (Å²) in [7, 11) is 3.25. The third-order valence-electron chi connectivity index (χ3n) is 4.47. The molecule has 0 aromatic heterocycles. The second-order valence-electron chi connectivity index (χ2n) is 7.52. The summed E-state index contributed by atoms with van der Waals surface area (Å²) in [6.45, 7) is 0.0366. The summed E-state index contributed by atoms with van der Waals surface area (Å²) >= 11 is 0. The number of amidine groups is 1. The monoisotopic (exact) mass is 526 g/mol. The van der Waals surface area contributed by atoms with Crippen molar-refractivity contribution in [2.24, 2.45) is 5.73 Å². The molecule has 0 unspecified atom stereocenters. The molecule has 0 spiro atoms. The minimum Gasteiger partial charge on any atom is -0.493 e. The number of amides is 2. The SMILES string of the molecule is CN(C)C(=O)c1ccc(C(=O)N[C@@H](CCOc2cccc(C(=N)N)c2)C(=O)O)cc1.O=C(O)C(F)(F)F. The Morgan fingerprint density at radius 1 is 1.03 bits per heavy atom. The maximum atomic E-state index is 12.4. The molecule has 37 heavy (non-hydrogen) atoms. The van der Waals surface area contributed by atoms with Crippen molar-refractivity contribution in [1.29, 1.82) is 5.41 Å². The molecule has 0 saturated heterocycles. The zero-order chi connectivity index (χ0) is 28.3. The standard InChI is InChI=1S/C21H24N4O5.C2HF3O2/c1-25(2)20(27)14-8-6-13(7-9-14)19(26)24-17(21(28)29)10-11-30-16-5-3-4-15(12-16)18(22)23;3-2(4,5)1(6)7/h3-9,12,17H,10-11H2,1-2H3,(H3,22,23)(H,24,26)(H,28,29);(H,6,7)/t17-;/m0./s1. The first-order valence-electron chi connectivity index (χ1n) is 10.4. The molecule has 0 heterocycles. The summed E-state index contributed by atoms with van der Waals surface area (Å²) in [4.78, 5) is 46.1. The molecule has 2 amide bonds. The van der Waals surface area contributed by atoms with Gasteiger partial charge in [-0.15, -0.1) is 0 Å². The Hall–Kier alpha value is -4.62. The van der Waals surface area contributed by atoms with Crippen molar-refractivity contribution in [2.75, 3.05) is 20.7 Å². The summed E-state index contributed by atoms with van der Waals surface area (Å²) in [5.41, 5.74) is 6.59. The summed E-state index contributed by atoms with van der Waals surface area (Å²) in [6, 6.07) is 11.4. The quantitative estimate of drug-likeness (QED) is 0.243. The van der Waals surface area contributed by atoms with Gasteiger partial charge in [0.15, 0.2) is 0 Å². The normalized spacial score (nSPS) is 11.3. The molecule has 0 bridgehead atoms. The van der Waals surface area contributed by atoms with Crippen LogP contribution in [0.2, 0.25) is 0 Å². The Morgan fingerprint density at radius 3 is 2.03 bits per heavy atom. The van der Waals surface area contributed by atoms with E-state index < -0.39 is 30.1 Å². The van der Waals surface area contributed by atoms with Gasteiger partial charge in [0.05, 0.1) is 6.61 Å². The second-order valence-corrected chi connectivity index (χ2v) is 7.52. The van der Waals surface area contributed by atoms with Crippen molar-refractivity contribution in [3.05, 3.63) is 65.2 Å². The third kappa shape index (κ3) is 10.3. The van der Waals surface area contributed by atoms with Crippen molar-refractivity contribution in [3.8, 4) is 5.75 Å². The third-order valence-corrected chi connectivity index (χ3v) is 4.47. The molecule has 0 aliphatic carbocycles. The topological polar surface area (TPSA) is 183 Å². The number of nitrogens with two attached hydrogens (primary N) is 1. The number of nitrogen functional groups attached to an aromatic ring is 1. The minimum atomic E-state index is -5.08. The Bertz CT molecular complexity index is 1140. The number of nitrogens with zero attached hydrogens (tertiary/aromatic N) is 1. The number of hydrogen-bond acceptors (Lipinski definition) is 6. The fourth-order valence-electron chi connectivity index (χ4n) is 2.57. The molecule has 2 aromatic carbocycles. The summed E-state index contributed by atoms with van der Waals surface area (Å²) < 4.78 is 37.3. The van der Waals surface area contributed by atoms with Crippen molar-refractivity contribution in [1.82, 2.24) is 10.2 Å². The second kappa shape index (κ2) is 13.5. The van der Waals surface area contributed by atoms with Gasteiger partial charge in [0, 0.05) is 37.2 Å². The van der Waals surface area contributed by atoms with Gasteiger partial charge in [0.25, 0.3) is 11.8 Å². The van der Waals surface area contributed by atoms with Crippen molar-refractivity contribution >= 4 is 29.6 Å². The van der Waals surface area contributed by atoms with Crippen LogP contribution in [-0.2, 0) is 9.59 Å². The van der Waals surface area contributed by atoms with Gasteiger partial charge in [-0.1, -0.05) is 12.1 Å². The summed E-state index contributed by atoms with van der Waals surface area (Å²) in [5, 5.41) is 26.4. The number of rotatable bonds is 9. The number of carbonyl (C=O) groups excluding carboxylic acids is 2. The molecule has 0 fully saturated rings. The highest BCUT2D eigenvalue weighted by Crippen LogP contribution is 2.14. The van der Waals surface area contributed by atoms with Gasteiger partial charge >= 0.3 is 18.1 Å². The fourth-order valence-corrected chi connectivity index (χ4v) is 2.57. The highest BCUT2D eigenvalue weighted by Gasteiger charge is 2.38. The van der Waals surface area contributed by atoms with E-state index in [1.54, 1.807) is 38.4 Å². The Morgan fingerprint density at radius 2 is 1.57 bits per heavy atom. The van der Waals surface area contributed by atoms with E-state index in [0.29, 0.717) is 16.9 Å². The molecule has 11 nitrogen and oxygen atoms in total. The average Bonchev–Trinajstić information content (AvgIpc) is 2.82. The van der Waals surface area contributed by atoms with Crippen LogP contribution in [0.25, 0.3) is 0 Å². The number of alkyl halides is 3. The fraction of sp³-hybridized carbons (Fsp3) is 0.261. The van der Waals surface area contributed by atoms with Crippen LogP contribution in [0.3, 0.4) is 0 Å². The Kier molecular flexibility index (Phi) is 11.1. The molecule has 14 heteroatoms. The maximum absolute atomic E-state index is 12.4. The number of hydrogen-bond donors (Lipinski definition) is 5. The van der Waals surface area contributed by atoms with Gasteiger partial charge in [-0.05, 0) is 36.4 Å². The lowest BCUT2D eigenvalue weighted by atomic mass is 10.1. The van der Waals surface area contributed by atoms with E-state index in [-0.39, 0.29) is 30.3 Å². The molecule has 200 valence electrons. The van der Waals surface area contributed by atoms with E-state index in [0.717, 1.165) is 0 Å². The first-order valence-corrected chi connectivity index (χ1v) is 10.4. The first kappa shape index (κ1) is 30.4. The largest absolute Gasteiger partial charge is 0.493 e. The summed E-state index contributed by atoms with van der Waals surface area (Å²) in [5.74, 6) is -4.37. The van der Waals surface area contributed by atoms with E-state index in [1.807, 2.05) is 0 Å². The van der Waals surface area contributed by atoms with Crippen LogP contribution in [0.4, 0.5) is 13.2 Å². The average molecular weight is 526 g/mol. The van der Waals surface area contributed by atoms with Crippen molar-refractivity contribution in [2.45, 2.75) is 18.6 Å². The minimum absolute atomic E-state index is 0.0303. The Balaban J connectivity index is 0.000000856. The number of benzene rings is 2. The molecule has 0 saturated carbocycles. The highest BCUT2D eigenvalue weighted by molar-refractivity contribution is 5.99. The number of carbonyl (C=O) groups is 4. The van der Waals surface area contributed by atoms with Crippen LogP contribution in [0.15, 0.2) is 48.5 Å². The number of aliphatic carboxylic acids is 2. The zero-order valence-corrected chi connectivity index (χ0v) is 19.7. The predicted octanol–water partition coefficient (Wildman–Crippen LogP) is 1.96. The lowest BCUT2D eigenvalue weighted by Crippen LogP contribution is -2.41. The van der Waals surface area contributed by atoms with E-state index in [1.165, 1.54) is 29.2 Å². The molecule has 1 atom stereocenters. The number of halogens is 3. The molecular weight excluding hydrogens is 501 g/mol. The van der Waals surface area contributed by atoms with Crippen molar-refractivity contribution < 1.29 is 47.3 Å². The van der Waals surface area contributed by atoms with Crippen molar-refractivity contribution in [3.63, 3.8) is 0 Å². The number of nitrogens with one attached hydrogen (secondary N) is 2. The number of carboxylic acid groups (broad SMARTS) is 2. The van der Waals surface area contributed by atoms with Gasteiger partial charge in [0.1, 0.15) is 17.6 Å². The zero-order valence-electron chi connectivity index (χ0n) is 19.7. The van der Waals surface area contributed by atoms with Gasteiger partial charge < -0.3 is 30.9 Å². The number of carboxylic acids is 2.